The van der Waals surface area contributed by atoms with E-state index in [1.807, 2.05) is 0 Å². The van der Waals surface area contributed by atoms with Crippen molar-refractivity contribution in [3.05, 3.63) is 91.0 Å². The summed E-state index contributed by atoms with van der Waals surface area (Å²) in [6.07, 6.45) is 0. The predicted octanol–water partition coefficient (Wildman–Crippen LogP) is 4.85. The molecule has 0 aliphatic rings. The second-order valence-electron chi connectivity index (χ2n) is 4.84. The number of halogens is 4. The van der Waals surface area contributed by atoms with Crippen molar-refractivity contribution in [1.82, 2.24) is 0 Å². The number of benzene rings is 3. The summed E-state index contributed by atoms with van der Waals surface area (Å²) in [5, 5.41) is 4.19. The molecule has 3 aromatic carbocycles. The van der Waals surface area contributed by atoms with E-state index in [9.17, 15) is 17.3 Å². The Bertz CT molecular complexity index is 631. The van der Waals surface area contributed by atoms with Gasteiger partial charge in [0.2, 0.25) is 0 Å². The molecule has 0 aliphatic carbocycles. The molecule has 0 N–H and O–H groups in total. The normalized spacial score (nSPS) is 10.4. The quantitative estimate of drug-likeness (QED) is 0.327. The molecular formula is C18H16BCuF4P. The fourth-order valence-electron chi connectivity index (χ4n) is 2.18. The minimum Gasteiger partial charge on any atom is -0.418 e. The van der Waals surface area contributed by atoms with Crippen LogP contribution in [0, 0.1) is 0 Å². The van der Waals surface area contributed by atoms with Gasteiger partial charge in [-0.2, -0.15) is 0 Å². The first-order valence-corrected chi connectivity index (χ1v) is 8.62. The van der Waals surface area contributed by atoms with E-state index in [0.717, 1.165) is 0 Å². The molecular weight excluding hydrogens is 398 g/mol. The van der Waals surface area contributed by atoms with E-state index in [1.165, 1.54) is 15.9 Å². The molecule has 1 radical (unpaired) electrons. The van der Waals surface area contributed by atoms with E-state index < -0.39 is 15.2 Å². The molecule has 0 fully saturated rings. The maximum absolute atomic E-state index is 9.75. The third-order valence-corrected chi connectivity index (χ3v) is 5.49. The summed E-state index contributed by atoms with van der Waals surface area (Å²) in [6.45, 7) is 0. The third-order valence-electron chi connectivity index (χ3n) is 3.04. The van der Waals surface area contributed by atoms with Crippen molar-refractivity contribution in [2.24, 2.45) is 0 Å². The molecule has 0 saturated carbocycles. The topological polar surface area (TPSA) is 0 Å². The zero-order valence-electron chi connectivity index (χ0n) is 14.0. The van der Waals surface area contributed by atoms with Crippen LogP contribution in [-0.4, -0.2) is 7.25 Å². The van der Waals surface area contributed by atoms with Crippen molar-refractivity contribution in [2.45, 2.75) is 0 Å². The van der Waals surface area contributed by atoms with Crippen LogP contribution in [0.1, 0.15) is 1.43 Å². The van der Waals surface area contributed by atoms with Crippen molar-refractivity contribution in [3.8, 4) is 0 Å². The van der Waals surface area contributed by atoms with E-state index in [4.69, 9.17) is 0 Å². The Morgan fingerprint density at radius 3 is 0.920 bits per heavy atom. The van der Waals surface area contributed by atoms with Crippen LogP contribution in [0.4, 0.5) is 17.3 Å². The number of hydrogen-bond donors (Lipinski definition) is 0. The summed E-state index contributed by atoms with van der Waals surface area (Å²) >= 11 is 0. The van der Waals surface area contributed by atoms with Crippen molar-refractivity contribution >= 4 is 31.1 Å². The van der Waals surface area contributed by atoms with Crippen LogP contribution in [-0.2, 0) is 17.1 Å². The minimum atomic E-state index is -6.00. The van der Waals surface area contributed by atoms with Gasteiger partial charge in [-0.3, -0.25) is 0 Å². The van der Waals surface area contributed by atoms with Crippen LogP contribution in [0.25, 0.3) is 0 Å². The maximum atomic E-state index is 9.75. The van der Waals surface area contributed by atoms with Crippen molar-refractivity contribution < 1.29 is 35.8 Å². The van der Waals surface area contributed by atoms with E-state index in [-0.39, 0.29) is 18.5 Å². The van der Waals surface area contributed by atoms with Gasteiger partial charge < -0.3 is 17.3 Å². The molecule has 25 heavy (non-hydrogen) atoms. The van der Waals surface area contributed by atoms with Crippen LogP contribution in [0.5, 0.6) is 0 Å². The molecule has 0 aliphatic heterocycles. The van der Waals surface area contributed by atoms with Gasteiger partial charge in [0.1, 0.15) is 0 Å². The van der Waals surface area contributed by atoms with Crippen molar-refractivity contribution in [3.63, 3.8) is 0 Å². The van der Waals surface area contributed by atoms with Gasteiger partial charge in [0.05, 0.1) is 0 Å². The summed E-state index contributed by atoms with van der Waals surface area (Å²) in [4.78, 5) is 0. The van der Waals surface area contributed by atoms with Gasteiger partial charge in [-0.05, 0) is 23.8 Å². The minimum absolute atomic E-state index is 0. The summed E-state index contributed by atoms with van der Waals surface area (Å²) in [5.41, 5.74) is 0. The number of rotatable bonds is 3. The third kappa shape index (κ3) is 7.87. The molecule has 3 aromatic rings. The van der Waals surface area contributed by atoms with Crippen molar-refractivity contribution in [1.29, 1.82) is 0 Å². The summed E-state index contributed by atoms with van der Waals surface area (Å²) in [6, 6.07) is 32.3. The Labute approximate surface area is 158 Å². The van der Waals surface area contributed by atoms with Gasteiger partial charge in [0.15, 0.2) is 0 Å². The Morgan fingerprint density at radius 1 is 0.520 bits per heavy atom. The second-order valence-corrected chi connectivity index (χ2v) is 7.06. The van der Waals surface area contributed by atoms with Crippen LogP contribution < -0.4 is 15.9 Å². The van der Waals surface area contributed by atoms with Gasteiger partial charge in [0, 0.05) is 17.1 Å². The van der Waals surface area contributed by atoms with Crippen LogP contribution in [0.15, 0.2) is 91.0 Å². The van der Waals surface area contributed by atoms with E-state index >= 15 is 0 Å². The fourth-order valence-corrected chi connectivity index (χ4v) is 4.48. The second kappa shape index (κ2) is 10.4. The SMILES string of the molecule is F[B-](F)(F)F.[Cu].[H+].c1ccc(P(c2ccccc2)c2ccccc2)cc1. The molecule has 0 unspecified atom stereocenters. The summed E-state index contributed by atoms with van der Waals surface area (Å²) in [5.74, 6) is 0. The number of hydrogen-bond acceptors (Lipinski definition) is 0. The summed E-state index contributed by atoms with van der Waals surface area (Å²) < 4.78 is 39.0. The monoisotopic (exact) mass is 413 g/mol. The van der Waals surface area contributed by atoms with Gasteiger partial charge >= 0.3 is 8.68 Å². The first kappa shape index (κ1) is 21.4. The summed E-state index contributed by atoms with van der Waals surface area (Å²) in [7, 11) is -6.45. The fraction of sp³-hybridized carbons (Fsp3) is 0. The Balaban J connectivity index is 0.000000798. The maximum Gasteiger partial charge on any atom is 1.00 e. The van der Waals surface area contributed by atoms with Gasteiger partial charge in [-0.1, -0.05) is 91.0 Å². The Hall–Kier alpha value is -1.61. The zero-order valence-corrected chi connectivity index (χ0v) is 14.8. The van der Waals surface area contributed by atoms with Gasteiger partial charge in [-0.25, -0.2) is 0 Å². The molecule has 0 saturated heterocycles. The molecule has 0 bridgehead atoms. The predicted molar refractivity (Wildman–Crippen MR) is 96.4 cm³/mol. The standard InChI is InChI=1S/C18H15P.BF4.Cu/c1-4-10-16(11-5-1)19(17-12-6-2-7-13-17)18-14-8-3-9-15-18;2-1(3,4)5;/h1-15H;;/q;-1;/p+1. The smallest absolute Gasteiger partial charge is 0.418 e. The first-order valence-electron chi connectivity index (χ1n) is 7.28. The molecule has 0 atom stereocenters. The van der Waals surface area contributed by atoms with Gasteiger partial charge in [0.25, 0.3) is 0 Å². The largest absolute Gasteiger partial charge is 1.00 e. The van der Waals surface area contributed by atoms with E-state index in [0.29, 0.717) is 0 Å². The molecule has 0 nitrogen and oxygen atoms in total. The molecule has 3 rings (SSSR count). The average molecular weight is 414 g/mol. The molecule has 0 spiro atoms. The molecule has 135 valence electrons. The molecule has 0 amide bonds. The molecule has 7 heteroatoms. The van der Waals surface area contributed by atoms with Gasteiger partial charge in [-0.15, -0.1) is 0 Å². The Morgan fingerprint density at radius 2 is 0.720 bits per heavy atom. The van der Waals surface area contributed by atoms with Crippen LogP contribution in [0.2, 0.25) is 0 Å². The first-order chi connectivity index (χ1) is 11.4. The van der Waals surface area contributed by atoms with E-state index in [1.54, 1.807) is 0 Å². The zero-order chi connectivity index (χ0) is 17.4. The molecule has 0 heterocycles. The van der Waals surface area contributed by atoms with E-state index in [2.05, 4.69) is 91.0 Å². The Kier molecular flexibility index (Phi) is 8.92. The van der Waals surface area contributed by atoms with Crippen LogP contribution in [0.3, 0.4) is 0 Å². The van der Waals surface area contributed by atoms with Crippen molar-refractivity contribution in [2.75, 3.05) is 0 Å². The van der Waals surface area contributed by atoms with Crippen LogP contribution >= 0.6 is 7.92 Å². The average Bonchev–Trinajstić information content (AvgIpc) is 2.57. The molecule has 0 aromatic heterocycles.